The maximum absolute atomic E-state index is 10.8. The van der Waals surface area contributed by atoms with Crippen molar-refractivity contribution in [2.45, 2.75) is 6.04 Å². The predicted molar refractivity (Wildman–Crippen MR) is 84.1 cm³/mol. The third kappa shape index (κ3) is 3.56. The van der Waals surface area contributed by atoms with Gasteiger partial charge in [0.15, 0.2) is 5.13 Å². The molecule has 0 spiro atoms. The van der Waals surface area contributed by atoms with Gasteiger partial charge in [-0.15, -0.1) is 11.3 Å². The minimum Gasteiger partial charge on any atom is -0.480 e. The van der Waals surface area contributed by atoms with Gasteiger partial charge in [-0.3, -0.25) is 4.79 Å². The van der Waals surface area contributed by atoms with Crippen LogP contribution >= 0.6 is 45.5 Å². The number of aliphatic carboxylic acids is 1. The fraction of sp³-hybridized carbons (Fsp3) is 0.0909. The van der Waals surface area contributed by atoms with Gasteiger partial charge in [0.1, 0.15) is 6.04 Å². The lowest BCUT2D eigenvalue weighted by Crippen LogP contribution is -2.20. The normalized spacial score (nSPS) is 12.2. The number of carbonyl (C=O) groups is 1. The Bertz CT molecular complexity index is 620. The number of carboxylic acids is 1. The Morgan fingerprint density at radius 1 is 1.58 bits per heavy atom. The first-order valence-corrected chi connectivity index (χ1v) is 7.47. The van der Waals surface area contributed by atoms with E-state index in [0.29, 0.717) is 15.8 Å². The monoisotopic (exact) mass is 409 g/mol. The standard InChI is InChI=1S/C11H9ClIN3O2S/c12-5-1-2-7(6(13)3-5)15-11-16-8(4-19-11)9(14)10(17)18/h1-4,9H,14H2,(H,15,16)(H,17,18). The summed E-state index contributed by atoms with van der Waals surface area (Å²) in [6.45, 7) is 0. The third-order valence-corrected chi connectivity index (χ3v) is 4.18. The molecule has 1 aromatic carbocycles. The zero-order valence-electron chi connectivity index (χ0n) is 9.43. The topological polar surface area (TPSA) is 88.2 Å². The Morgan fingerprint density at radius 2 is 2.32 bits per heavy atom. The zero-order valence-corrected chi connectivity index (χ0v) is 13.2. The van der Waals surface area contributed by atoms with Gasteiger partial charge in [-0.1, -0.05) is 11.6 Å². The second-order valence-electron chi connectivity index (χ2n) is 3.64. The highest BCUT2D eigenvalue weighted by molar-refractivity contribution is 14.1. The number of aromatic nitrogens is 1. The van der Waals surface area contributed by atoms with E-state index in [-0.39, 0.29) is 0 Å². The Hall–Kier alpha value is -0.900. The number of hydrogen-bond acceptors (Lipinski definition) is 5. The Labute approximate surface area is 131 Å². The van der Waals surface area contributed by atoms with E-state index in [9.17, 15) is 4.79 Å². The van der Waals surface area contributed by atoms with E-state index in [1.54, 1.807) is 11.4 Å². The first kappa shape index (κ1) is 14.5. The number of halogens is 2. The van der Waals surface area contributed by atoms with Crippen molar-refractivity contribution in [3.05, 3.63) is 37.9 Å². The largest absolute Gasteiger partial charge is 0.480 e. The molecule has 0 bridgehead atoms. The number of benzene rings is 1. The predicted octanol–water partition coefficient (Wildman–Crippen LogP) is 3.23. The molecule has 2 aromatic rings. The molecule has 0 saturated heterocycles. The molecule has 1 atom stereocenters. The fourth-order valence-electron chi connectivity index (χ4n) is 1.32. The molecule has 0 saturated carbocycles. The van der Waals surface area contributed by atoms with E-state index < -0.39 is 12.0 Å². The molecule has 4 N–H and O–H groups in total. The number of hydrogen-bond donors (Lipinski definition) is 3. The van der Waals surface area contributed by atoms with Crippen LogP contribution in [-0.4, -0.2) is 16.1 Å². The average Bonchev–Trinajstić information content (AvgIpc) is 2.80. The highest BCUT2D eigenvalue weighted by Crippen LogP contribution is 2.28. The van der Waals surface area contributed by atoms with E-state index >= 15 is 0 Å². The molecule has 0 aliphatic rings. The van der Waals surface area contributed by atoms with Crippen LogP contribution in [0.2, 0.25) is 5.02 Å². The van der Waals surface area contributed by atoms with Crippen molar-refractivity contribution >= 4 is 62.3 Å². The van der Waals surface area contributed by atoms with Gasteiger partial charge in [-0.05, 0) is 40.8 Å². The SMILES string of the molecule is NC(C(=O)O)c1csc(Nc2ccc(Cl)cc2I)n1. The van der Waals surface area contributed by atoms with Crippen LogP contribution in [0.5, 0.6) is 0 Å². The first-order chi connectivity index (χ1) is 8.97. The maximum Gasteiger partial charge on any atom is 0.326 e. The van der Waals surface area contributed by atoms with Gasteiger partial charge in [-0.2, -0.15) is 0 Å². The van der Waals surface area contributed by atoms with Gasteiger partial charge >= 0.3 is 5.97 Å². The van der Waals surface area contributed by atoms with Crippen molar-refractivity contribution in [3.8, 4) is 0 Å². The highest BCUT2D eigenvalue weighted by atomic mass is 127. The van der Waals surface area contributed by atoms with E-state index in [1.807, 2.05) is 12.1 Å². The number of thiazole rings is 1. The van der Waals surface area contributed by atoms with Crippen LogP contribution in [0.4, 0.5) is 10.8 Å². The quantitative estimate of drug-likeness (QED) is 0.675. The van der Waals surface area contributed by atoms with Crippen molar-refractivity contribution in [1.82, 2.24) is 4.98 Å². The first-order valence-electron chi connectivity index (χ1n) is 5.13. The smallest absolute Gasteiger partial charge is 0.326 e. The van der Waals surface area contributed by atoms with Crippen LogP contribution in [0.3, 0.4) is 0 Å². The highest BCUT2D eigenvalue weighted by Gasteiger charge is 2.17. The van der Waals surface area contributed by atoms with Gasteiger partial charge in [0, 0.05) is 14.0 Å². The summed E-state index contributed by atoms with van der Waals surface area (Å²) in [4.78, 5) is 14.9. The minimum absolute atomic E-state index is 0.337. The maximum atomic E-state index is 10.8. The number of carboxylic acid groups (broad SMARTS) is 1. The summed E-state index contributed by atoms with van der Waals surface area (Å²) in [5.41, 5.74) is 6.69. The molecular formula is C11H9ClIN3O2S. The minimum atomic E-state index is -1.10. The Morgan fingerprint density at radius 3 is 2.95 bits per heavy atom. The van der Waals surface area contributed by atoms with E-state index in [0.717, 1.165) is 9.26 Å². The summed E-state index contributed by atoms with van der Waals surface area (Å²) in [6.07, 6.45) is 0. The molecule has 2 rings (SSSR count). The number of nitrogens with two attached hydrogens (primary N) is 1. The summed E-state index contributed by atoms with van der Waals surface area (Å²) in [5, 5.41) is 14.8. The second-order valence-corrected chi connectivity index (χ2v) is 6.10. The number of nitrogens with zero attached hydrogens (tertiary/aromatic N) is 1. The van der Waals surface area contributed by atoms with E-state index in [2.05, 4.69) is 32.9 Å². The van der Waals surface area contributed by atoms with Crippen LogP contribution in [0.15, 0.2) is 23.6 Å². The molecule has 100 valence electrons. The molecule has 19 heavy (non-hydrogen) atoms. The molecule has 0 aliphatic carbocycles. The third-order valence-electron chi connectivity index (χ3n) is 2.28. The Kier molecular flexibility index (Phi) is 4.61. The van der Waals surface area contributed by atoms with Gasteiger partial charge in [0.2, 0.25) is 0 Å². The number of rotatable bonds is 4. The number of nitrogens with one attached hydrogen (secondary N) is 1. The molecule has 0 amide bonds. The number of anilines is 2. The lowest BCUT2D eigenvalue weighted by Gasteiger charge is -2.06. The van der Waals surface area contributed by atoms with Crippen LogP contribution in [0.25, 0.3) is 0 Å². The lowest BCUT2D eigenvalue weighted by molar-refractivity contribution is -0.138. The van der Waals surface area contributed by atoms with E-state index in [4.69, 9.17) is 22.4 Å². The molecule has 0 radical (unpaired) electrons. The molecule has 8 heteroatoms. The molecule has 0 aliphatic heterocycles. The van der Waals surface area contributed by atoms with Crippen molar-refractivity contribution in [2.75, 3.05) is 5.32 Å². The van der Waals surface area contributed by atoms with Crippen LogP contribution in [-0.2, 0) is 4.79 Å². The molecule has 1 heterocycles. The second kappa shape index (κ2) is 6.04. The fourth-order valence-corrected chi connectivity index (χ4v) is 3.08. The van der Waals surface area contributed by atoms with Gasteiger partial charge in [0.05, 0.1) is 11.4 Å². The van der Waals surface area contributed by atoms with Crippen molar-refractivity contribution in [3.63, 3.8) is 0 Å². The molecular weight excluding hydrogens is 401 g/mol. The van der Waals surface area contributed by atoms with Crippen molar-refractivity contribution in [1.29, 1.82) is 0 Å². The summed E-state index contributed by atoms with van der Waals surface area (Å²) < 4.78 is 0.949. The molecule has 0 fully saturated rings. The van der Waals surface area contributed by atoms with Crippen LogP contribution in [0, 0.1) is 3.57 Å². The molecule has 1 aromatic heterocycles. The van der Waals surface area contributed by atoms with Crippen LogP contribution in [0.1, 0.15) is 11.7 Å². The summed E-state index contributed by atoms with van der Waals surface area (Å²) >= 11 is 9.33. The van der Waals surface area contributed by atoms with Crippen LogP contribution < -0.4 is 11.1 Å². The lowest BCUT2D eigenvalue weighted by atomic mass is 10.2. The summed E-state index contributed by atoms with van der Waals surface area (Å²) in [6, 6.07) is 4.32. The Balaban J connectivity index is 2.18. The molecule has 5 nitrogen and oxygen atoms in total. The van der Waals surface area contributed by atoms with Gasteiger partial charge < -0.3 is 16.2 Å². The summed E-state index contributed by atoms with van der Waals surface area (Å²) in [5.74, 6) is -1.10. The van der Waals surface area contributed by atoms with Crippen molar-refractivity contribution < 1.29 is 9.90 Å². The van der Waals surface area contributed by atoms with Crippen molar-refractivity contribution in [2.24, 2.45) is 5.73 Å². The average molecular weight is 410 g/mol. The van der Waals surface area contributed by atoms with Gasteiger partial charge in [0.25, 0.3) is 0 Å². The van der Waals surface area contributed by atoms with E-state index in [1.165, 1.54) is 11.3 Å². The molecule has 1 unspecified atom stereocenters. The van der Waals surface area contributed by atoms with Gasteiger partial charge in [-0.25, -0.2) is 4.98 Å². The summed E-state index contributed by atoms with van der Waals surface area (Å²) in [7, 11) is 0. The zero-order chi connectivity index (χ0) is 14.0.